The van der Waals surface area contributed by atoms with Gasteiger partial charge < -0.3 is 0 Å². The SMILES string of the molecule is CC(F)C(F)C(Cl)(Cl)Cl. The molecule has 0 radical (unpaired) electrons. The summed E-state index contributed by atoms with van der Waals surface area (Å²) < 4.78 is 22.1. The summed E-state index contributed by atoms with van der Waals surface area (Å²) in [5.41, 5.74) is 0. The number of halogens is 5. The highest BCUT2D eigenvalue weighted by atomic mass is 35.6. The van der Waals surface area contributed by atoms with Gasteiger partial charge in [0, 0.05) is 0 Å². The molecule has 0 amide bonds. The first-order valence-electron chi connectivity index (χ1n) is 2.20. The van der Waals surface area contributed by atoms with Gasteiger partial charge in [-0.1, -0.05) is 34.8 Å². The van der Waals surface area contributed by atoms with Gasteiger partial charge in [-0.2, -0.15) is 0 Å². The maximum Gasteiger partial charge on any atom is 0.224 e. The summed E-state index contributed by atoms with van der Waals surface area (Å²) in [7, 11) is 0. The van der Waals surface area contributed by atoms with E-state index < -0.39 is 16.1 Å². The minimum atomic E-state index is -2.14. The molecule has 0 aromatic rings. The number of hydrogen-bond acceptors (Lipinski definition) is 0. The van der Waals surface area contributed by atoms with Gasteiger partial charge in [-0.3, -0.25) is 0 Å². The largest absolute Gasteiger partial charge is 0.244 e. The fraction of sp³-hybridized carbons (Fsp3) is 1.00. The lowest BCUT2D eigenvalue weighted by atomic mass is 10.3. The highest BCUT2D eigenvalue weighted by Gasteiger charge is 2.37. The van der Waals surface area contributed by atoms with Crippen LogP contribution >= 0.6 is 34.8 Å². The molecular formula is C4H5Cl3F2. The fourth-order valence-corrected chi connectivity index (χ4v) is 0.781. The number of alkyl halides is 5. The van der Waals surface area contributed by atoms with Gasteiger partial charge >= 0.3 is 0 Å². The highest BCUT2D eigenvalue weighted by Crippen LogP contribution is 2.34. The van der Waals surface area contributed by atoms with Gasteiger partial charge in [0.05, 0.1) is 0 Å². The third kappa shape index (κ3) is 3.43. The van der Waals surface area contributed by atoms with Crippen molar-refractivity contribution in [3.63, 3.8) is 0 Å². The molecule has 0 saturated carbocycles. The van der Waals surface area contributed by atoms with Gasteiger partial charge in [0.15, 0.2) is 6.17 Å². The molecule has 0 aromatic heterocycles. The van der Waals surface area contributed by atoms with Gasteiger partial charge in [-0.05, 0) is 6.92 Å². The van der Waals surface area contributed by atoms with Crippen LogP contribution in [0.15, 0.2) is 0 Å². The summed E-state index contributed by atoms with van der Waals surface area (Å²) in [5.74, 6) is 0. The Morgan fingerprint density at radius 1 is 1.22 bits per heavy atom. The second-order valence-electron chi connectivity index (χ2n) is 1.62. The van der Waals surface area contributed by atoms with Crippen LogP contribution in [-0.4, -0.2) is 16.1 Å². The quantitative estimate of drug-likeness (QED) is 0.567. The van der Waals surface area contributed by atoms with E-state index in [2.05, 4.69) is 0 Å². The van der Waals surface area contributed by atoms with Crippen LogP contribution in [0, 0.1) is 0 Å². The second kappa shape index (κ2) is 3.22. The summed E-state index contributed by atoms with van der Waals surface area (Å²) in [6.07, 6.45) is -3.81. The Kier molecular flexibility index (Phi) is 3.48. The van der Waals surface area contributed by atoms with Crippen LogP contribution in [0.4, 0.5) is 8.78 Å². The average molecular weight is 197 g/mol. The van der Waals surface area contributed by atoms with Crippen molar-refractivity contribution in [3.8, 4) is 0 Å². The monoisotopic (exact) mass is 196 g/mol. The maximum absolute atomic E-state index is 12.3. The molecule has 5 heteroatoms. The van der Waals surface area contributed by atoms with Crippen molar-refractivity contribution in [3.05, 3.63) is 0 Å². The smallest absolute Gasteiger partial charge is 0.224 e. The van der Waals surface area contributed by atoms with E-state index in [0.717, 1.165) is 6.92 Å². The standard InChI is InChI=1S/C4H5Cl3F2/c1-2(8)3(9)4(5,6)7/h2-3H,1H3. The molecular weight excluding hydrogens is 192 g/mol. The third-order valence-corrected chi connectivity index (χ3v) is 1.34. The lowest BCUT2D eigenvalue weighted by molar-refractivity contribution is 0.185. The predicted octanol–water partition coefficient (Wildman–Crippen LogP) is 3.05. The first-order valence-corrected chi connectivity index (χ1v) is 3.34. The van der Waals surface area contributed by atoms with Crippen LogP contribution in [0.25, 0.3) is 0 Å². The van der Waals surface area contributed by atoms with Crippen molar-refractivity contribution in [2.45, 2.75) is 23.1 Å². The van der Waals surface area contributed by atoms with Crippen LogP contribution in [0.2, 0.25) is 0 Å². The highest BCUT2D eigenvalue weighted by molar-refractivity contribution is 6.68. The molecule has 0 aliphatic rings. The molecule has 0 heterocycles. The average Bonchev–Trinajstić information content (AvgIpc) is 1.62. The minimum absolute atomic E-state index is 0.993. The lowest BCUT2D eigenvalue weighted by Crippen LogP contribution is -2.28. The summed E-state index contributed by atoms with van der Waals surface area (Å²) in [6.45, 7) is 0.993. The lowest BCUT2D eigenvalue weighted by Gasteiger charge is -2.16. The molecule has 9 heavy (non-hydrogen) atoms. The van der Waals surface area contributed by atoms with Crippen LogP contribution < -0.4 is 0 Å². The Morgan fingerprint density at radius 3 is 1.56 bits per heavy atom. The Hall–Kier alpha value is 0.730. The van der Waals surface area contributed by atoms with Crippen LogP contribution in [0.3, 0.4) is 0 Å². The summed E-state index contributed by atoms with van der Waals surface area (Å²) in [4.78, 5) is 0. The van der Waals surface area contributed by atoms with E-state index in [1.54, 1.807) is 0 Å². The van der Waals surface area contributed by atoms with Crippen molar-refractivity contribution < 1.29 is 8.78 Å². The van der Waals surface area contributed by atoms with Gasteiger partial charge in [0.25, 0.3) is 0 Å². The van der Waals surface area contributed by atoms with Crippen molar-refractivity contribution in [1.29, 1.82) is 0 Å². The third-order valence-electron chi connectivity index (χ3n) is 0.716. The topological polar surface area (TPSA) is 0 Å². The Balaban J connectivity index is 3.88. The van der Waals surface area contributed by atoms with Crippen LogP contribution in [0.5, 0.6) is 0 Å². The predicted molar refractivity (Wildman–Crippen MR) is 35.8 cm³/mol. The summed E-state index contributed by atoms with van der Waals surface area (Å²) in [5, 5.41) is 0. The molecule has 0 aliphatic carbocycles. The van der Waals surface area contributed by atoms with E-state index in [-0.39, 0.29) is 0 Å². The van der Waals surface area contributed by atoms with E-state index >= 15 is 0 Å². The van der Waals surface area contributed by atoms with Gasteiger partial charge in [0.1, 0.15) is 6.17 Å². The molecule has 0 rings (SSSR count). The Morgan fingerprint density at radius 2 is 1.56 bits per heavy atom. The van der Waals surface area contributed by atoms with Crippen molar-refractivity contribution >= 4 is 34.8 Å². The minimum Gasteiger partial charge on any atom is -0.244 e. The normalized spacial score (nSPS) is 19.3. The second-order valence-corrected chi connectivity index (χ2v) is 3.99. The number of rotatable bonds is 1. The fourth-order valence-electron chi connectivity index (χ4n) is 0.260. The van der Waals surface area contributed by atoms with Crippen molar-refractivity contribution in [1.82, 2.24) is 0 Å². The molecule has 0 saturated heterocycles. The molecule has 0 N–H and O–H groups in total. The zero-order valence-electron chi connectivity index (χ0n) is 4.54. The van der Waals surface area contributed by atoms with Gasteiger partial charge in [-0.25, -0.2) is 8.78 Å². The van der Waals surface area contributed by atoms with Gasteiger partial charge in [-0.15, -0.1) is 0 Å². The zero-order chi connectivity index (χ0) is 7.65. The van der Waals surface area contributed by atoms with E-state index in [4.69, 9.17) is 34.8 Å². The Bertz CT molecular complexity index is 88.3. The molecule has 0 nitrogen and oxygen atoms in total. The molecule has 0 spiro atoms. The van der Waals surface area contributed by atoms with E-state index in [0.29, 0.717) is 0 Å². The van der Waals surface area contributed by atoms with Crippen LogP contribution in [-0.2, 0) is 0 Å². The molecule has 0 fully saturated rings. The van der Waals surface area contributed by atoms with E-state index in [9.17, 15) is 8.78 Å². The van der Waals surface area contributed by atoms with E-state index in [1.165, 1.54) is 0 Å². The first-order chi connectivity index (χ1) is 3.85. The maximum atomic E-state index is 12.3. The van der Waals surface area contributed by atoms with E-state index in [1.807, 2.05) is 0 Å². The first kappa shape index (κ1) is 9.73. The zero-order valence-corrected chi connectivity index (χ0v) is 6.81. The Labute approximate surface area is 67.1 Å². The molecule has 2 atom stereocenters. The number of hydrogen-bond donors (Lipinski definition) is 0. The molecule has 56 valence electrons. The van der Waals surface area contributed by atoms with Gasteiger partial charge in [0.2, 0.25) is 3.79 Å². The summed E-state index contributed by atoms with van der Waals surface area (Å²) >= 11 is 15.0. The molecule has 0 aromatic carbocycles. The molecule has 2 unspecified atom stereocenters. The summed E-state index contributed by atoms with van der Waals surface area (Å²) in [6, 6.07) is 0. The van der Waals surface area contributed by atoms with Crippen LogP contribution in [0.1, 0.15) is 6.92 Å². The molecule has 0 bridgehead atoms. The van der Waals surface area contributed by atoms with Crippen molar-refractivity contribution in [2.75, 3.05) is 0 Å². The molecule has 0 aliphatic heterocycles. The van der Waals surface area contributed by atoms with Crippen molar-refractivity contribution in [2.24, 2.45) is 0 Å².